The first kappa shape index (κ1) is 25.2. The fraction of sp³-hybridized carbons (Fsp3) is 0.560. The van der Waals surface area contributed by atoms with E-state index in [0.717, 1.165) is 6.42 Å². The van der Waals surface area contributed by atoms with Gasteiger partial charge < -0.3 is 19.5 Å². The molecule has 35 heavy (non-hydrogen) atoms. The number of hydrogen-bond donors (Lipinski definition) is 1. The van der Waals surface area contributed by atoms with E-state index in [9.17, 15) is 22.8 Å². The van der Waals surface area contributed by atoms with Crippen molar-refractivity contribution in [1.82, 2.24) is 19.8 Å². The topological polar surface area (TPSA) is 76.5 Å². The van der Waals surface area contributed by atoms with E-state index in [1.807, 2.05) is 6.92 Å². The second-order valence-electron chi connectivity index (χ2n) is 9.87. The predicted molar refractivity (Wildman–Crippen MR) is 123 cm³/mol. The van der Waals surface area contributed by atoms with Crippen LogP contribution in [0, 0.1) is 5.92 Å². The summed E-state index contributed by atoms with van der Waals surface area (Å²) in [5, 5.41) is 3.53. The number of rotatable bonds is 6. The molecule has 190 valence electrons. The first-order valence-electron chi connectivity index (χ1n) is 12.0. The first-order valence-corrected chi connectivity index (χ1v) is 12.0. The molecule has 0 aromatic carbocycles. The number of pyridine rings is 1. The van der Waals surface area contributed by atoms with Crippen molar-refractivity contribution in [2.75, 3.05) is 19.7 Å². The van der Waals surface area contributed by atoms with Crippen LogP contribution in [0.5, 0.6) is 5.75 Å². The summed E-state index contributed by atoms with van der Waals surface area (Å²) in [6, 6.07) is 6.14. The van der Waals surface area contributed by atoms with Gasteiger partial charge in [0.15, 0.2) is 0 Å². The van der Waals surface area contributed by atoms with Gasteiger partial charge in [-0.3, -0.25) is 9.59 Å². The second kappa shape index (κ2) is 9.64. The van der Waals surface area contributed by atoms with Crippen molar-refractivity contribution >= 4 is 11.7 Å². The minimum atomic E-state index is -4.92. The number of halogens is 3. The molecule has 0 bridgehead atoms. The molecule has 1 amide bonds. The van der Waals surface area contributed by atoms with Crippen LogP contribution in [0.1, 0.15) is 66.7 Å². The monoisotopic (exact) mass is 492 g/mol. The predicted octanol–water partition coefficient (Wildman–Crippen LogP) is 4.18. The molecule has 1 atom stereocenters. The molecular formula is C25H31F3N4O3. The van der Waals surface area contributed by atoms with Crippen LogP contribution in [0.15, 0.2) is 30.5 Å². The Kier molecular flexibility index (Phi) is 6.95. The summed E-state index contributed by atoms with van der Waals surface area (Å²) in [5.74, 6) is -0.873. The lowest BCUT2D eigenvalue weighted by Crippen LogP contribution is -2.59. The van der Waals surface area contributed by atoms with E-state index >= 15 is 0 Å². The second-order valence-corrected chi connectivity index (χ2v) is 9.87. The van der Waals surface area contributed by atoms with E-state index in [-0.39, 0.29) is 24.2 Å². The van der Waals surface area contributed by atoms with Gasteiger partial charge in [0.2, 0.25) is 0 Å². The largest absolute Gasteiger partial charge is 0.492 e. The van der Waals surface area contributed by atoms with Gasteiger partial charge in [-0.05, 0) is 56.4 Å². The molecule has 1 saturated heterocycles. The highest BCUT2D eigenvalue weighted by atomic mass is 19.4. The van der Waals surface area contributed by atoms with E-state index in [4.69, 9.17) is 4.74 Å². The highest BCUT2D eigenvalue weighted by Gasteiger charge is 2.47. The molecule has 2 aromatic rings. The highest BCUT2D eigenvalue weighted by Crippen LogP contribution is 2.38. The minimum absolute atomic E-state index is 0.123. The lowest BCUT2D eigenvalue weighted by molar-refractivity contribution is -0.0891. The molecule has 2 aliphatic heterocycles. The van der Waals surface area contributed by atoms with Gasteiger partial charge in [-0.2, -0.15) is 13.2 Å². The van der Waals surface area contributed by atoms with E-state index < -0.39 is 17.5 Å². The summed E-state index contributed by atoms with van der Waals surface area (Å²) >= 11 is 0. The highest BCUT2D eigenvalue weighted by molar-refractivity contribution is 5.99. The number of piperidine rings is 1. The smallest absolute Gasteiger partial charge is 0.456 e. The quantitative estimate of drug-likeness (QED) is 0.613. The molecule has 1 N–H and O–H groups in total. The molecule has 0 unspecified atom stereocenters. The lowest BCUT2D eigenvalue weighted by Gasteiger charge is -2.47. The van der Waals surface area contributed by atoms with Gasteiger partial charge in [-0.25, -0.2) is 4.98 Å². The van der Waals surface area contributed by atoms with Gasteiger partial charge in [0.1, 0.15) is 11.4 Å². The third-order valence-corrected chi connectivity index (χ3v) is 6.76. The van der Waals surface area contributed by atoms with Crippen LogP contribution < -0.4 is 10.1 Å². The Bertz CT molecular complexity index is 1070. The number of Topliss-reactive ketones (excluding diaryl/α,β-unsaturated/α-hetero) is 1. The summed E-state index contributed by atoms with van der Waals surface area (Å²) in [6.07, 6.45) is -1.41. The molecule has 1 fully saturated rings. The number of ether oxygens (including phenoxy) is 1. The fourth-order valence-corrected chi connectivity index (χ4v) is 4.95. The molecule has 2 aromatic heterocycles. The number of nitrogens with one attached hydrogen (secondary N) is 1. The molecule has 0 aliphatic carbocycles. The standard InChI is InChI=1S/C25H31F3N4O3/c1-16(2)8-13-35-18-4-5-19(29-14-18)23(34)31-11-9-24(10-12-31)21-7-6-20(22(33)25(26,27)28)32(21)15-17(3)30-24/h4-7,14,16-17,30H,8-13,15H2,1-3H3/t17-/m0/s1. The minimum Gasteiger partial charge on any atom is -0.492 e. The maximum atomic E-state index is 13.1. The SMILES string of the molecule is CC(C)CCOc1ccc(C(=O)N2CCC3(CC2)N[C@@H](C)Cn2c(C(=O)C(F)(F)F)ccc23)nc1. The molecular weight excluding hydrogens is 461 g/mol. The summed E-state index contributed by atoms with van der Waals surface area (Å²) in [6.45, 7) is 7.82. The van der Waals surface area contributed by atoms with E-state index in [1.54, 1.807) is 29.3 Å². The summed E-state index contributed by atoms with van der Waals surface area (Å²) in [5.41, 5.74) is 0.0543. The Hall–Kier alpha value is -2.88. The van der Waals surface area contributed by atoms with Gasteiger partial charge >= 0.3 is 6.18 Å². The first-order chi connectivity index (χ1) is 16.5. The third kappa shape index (κ3) is 5.22. The van der Waals surface area contributed by atoms with Crippen molar-refractivity contribution in [3.05, 3.63) is 47.5 Å². The lowest BCUT2D eigenvalue weighted by atomic mass is 9.82. The van der Waals surface area contributed by atoms with Crippen LogP contribution in [0.4, 0.5) is 13.2 Å². The zero-order chi connectivity index (χ0) is 25.4. The Morgan fingerprint density at radius 2 is 1.91 bits per heavy atom. The number of hydrogen-bond acceptors (Lipinski definition) is 5. The molecule has 0 radical (unpaired) electrons. The van der Waals surface area contributed by atoms with Gasteiger partial charge in [-0.1, -0.05) is 13.8 Å². The zero-order valence-electron chi connectivity index (χ0n) is 20.2. The number of ketones is 1. The van der Waals surface area contributed by atoms with Crippen LogP contribution in [-0.4, -0.2) is 58.1 Å². The van der Waals surface area contributed by atoms with Crippen LogP contribution in [0.2, 0.25) is 0 Å². The van der Waals surface area contributed by atoms with Crippen LogP contribution in [-0.2, 0) is 12.1 Å². The average Bonchev–Trinajstić information content (AvgIpc) is 3.22. The van der Waals surface area contributed by atoms with Crippen molar-refractivity contribution in [3.63, 3.8) is 0 Å². The Morgan fingerprint density at radius 1 is 1.20 bits per heavy atom. The number of alkyl halides is 3. The molecule has 4 heterocycles. The Balaban J connectivity index is 1.44. The number of fused-ring (bicyclic) bond motifs is 2. The molecule has 0 saturated carbocycles. The van der Waals surface area contributed by atoms with Crippen molar-refractivity contribution in [2.24, 2.45) is 5.92 Å². The third-order valence-electron chi connectivity index (χ3n) is 6.76. The summed E-state index contributed by atoms with van der Waals surface area (Å²) in [7, 11) is 0. The van der Waals surface area contributed by atoms with Crippen LogP contribution in [0.3, 0.4) is 0 Å². The van der Waals surface area contributed by atoms with Gasteiger partial charge in [0, 0.05) is 31.4 Å². The number of nitrogens with zero attached hydrogens (tertiary/aromatic N) is 3. The van der Waals surface area contributed by atoms with Gasteiger partial charge in [0.05, 0.1) is 24.0 Å². The Morgan fingerprint density at radius 3 is 2.51 bits per heavy atom. The molecule has 7 nitrogen and oxygen atoms in total. The summed E-state index contributed by atoms with van der Waals surface area (Å²) in [4.78, 5) is 31.0. The number of likely N-dealkylation sites (tertiary alicyclic amines) is 1. The van der Waals surface area contributed by atoms with E-state index in [1.165, 1.54) is 10.6 Å². The number of amides is 1. The zero-order valence-corrected chi connectivity index (χ0v) is 20.2. The van der Waals surface area contributed by atoms with Gasteiger partial charge in [-0.15, -0.1) is 0 Å². The van der Waals surface area contributed by atoms with Crippen LogP contribution >= 0.6 is 0 Å². The molecule has 4 rings (SSSR count). The molecule has 2 aliphatic rings. The van der Waals surface area contributed by atoms with Crippen molar-refractivity contribution in [3.8, 4) is 5.75 Å². The van der Waals surface area contributed by atoms with Crippen molar-refractivity contribution in [2.45, 2.75) is 64.3 Å². The van der Waals surface area contributed by atoms with Crippen LogP contribution in [0.25, 0.3) is 0 Å². The number of aromatic nitrogens is 2. The van der Waals surface area contributed by atoms with Crippen molar-refractivity contribution < 1.29 is 27.5 Å². The maximum absolute atomic E-state index is 13.1. The van der Waals surface area contributed by atoms with Gasteiger partial charge in [0.25, 0.3) is 11.7 Å². The van der Waals surface area contributed by atoms with E-state index in [2.05, 4.69) is 24.1 Å². The average molecular weight is 493 g/mol. The fourth-order valence-electron chi connectivity index (χ4n) is 4.95. The molecule has 10 heteroatoms. The summed E-state index contributed by atoms with van der Waals surface area (Å²) < 4.78 is 46.4. The van der Waals surface area contributed by atoms with E-state index in [0.29, 0.717) is 55.6 Å². The maximum Gasteiger partial charge on any atom is 0.456 e. The molecule has 1 spiro atoms. The number of carbonyl (C=O) groups is 2. The number of carbonyl (C=O) groups excluding carboxylic acids is 2. The normalized spacial score (nSPS) is 19.6. The Labute approximate surface area is 202 Å². The van der Waals surface area contributed by atoms with Crippen molar-refractivity contribution in [1.29, 1.82) is 0 Å².